The minimum atomic E-state index is -0.964. The van der Waals surface area contributed by atoms with E-state index in [0.29, 0.717) is 4.88 Å². The van der Waals surface area contributed by atoms with E-state index in [1.807, 2.05) is 32.2 Å². The van der Waals surface area contributed by atoms with Crippen molar-refractivity contribution < 1.29 is 9.90 Å². The highest BCUT2D eigenvalue weighted by Gasteiger charge is 2.36. The zero-order valence-electron chi connectivity index (χ0n) is 10.4. The Morgan fingerprint density at radius 3 is 2.31 bits per heavy atom. The topological polar surface area (TPSA) is 49.3 Å². The van der Waals surface area contributed by atoms with Crippen molar-refractivity contribution in [2.45, 2.75) is 45.8 Å². The first-order valence-corrected chi connectivity index (χ1v) is 6.12. The van der Waals surface area contributed by atoms with E-state index in [2.05, 4.69) is 5.32 Å². The molecule has 0 aliphatic heterocycles. The van der Waals surface area contributed by atoms with Crippen molar-refractivity contribution in [3.8, 4) is 0 Å². The molecule has 1 amide bonds. The molecule has 0 unspecified atom stereocenters. The van der Waals surface area contributed by atoms with Gasteiger partial charge in [0.25, 0.3) is 5.91 Å². The predicted octanol–water partition coefficient (Wildman–Crippen LogP) is 2.34. The summed E-state index contributed by atoms with van der Waals surface area (Å²) in [6.45, 7) is 8.91. The largest absolute Gasteiger partial charge is 0.388 e. The fourth-order valence-electron chi connectivity index (χ4n) is 1.10. The smallest absolute Gasteiger partial charge is 0.262 e. The number of thiophene rings is 1. The Hall–Kier alpha value is -0.870. The van der Waals surface area contributed by atoms with Gasteiger partial charge in [0, 0.05) is 0 Å². The molecule has 4 heteroatoms. The van der Waals surface area contributed by atoms with Crippen LogP contribution in [0.25, 0.3) is 0 Å². The molecular formula is C12H19NO2S. The van der Waals surface area contributed by atoms with Gasteiger partial charge in [0.2, 0.25) is 0 Å². The fraction of sp³-hybridized carbons (Fsp3) is 0.583. The molecule has 0 spiro atoms. The van der Waals surface area contributed by atoms with E-state index in [-0.39, 0.29) is 5.91 Å². The molecule has 0 radical (unpaired) electrons. The zero-order valence-corrected chi connectivity index (χ0v) is 11.2. The van der Waals surface area contributed by atoms with E-state index in [1.54, 1.807) is 13.8 Å². The van der Waals surface area contributed by atoms with Crippen molar-refractivity contribution in [1.29, 1.82) is 0 Å². The summed E-state index contributed by atoms with van der Waals surface area (Å²) in [5, 5.41) is 14.7. The Bertz CT molecular complexity index is 388. The Morgan fingerprint density at radius 2 is 1.94 bits per heavy atom. The molecule has 1 rings (SSSR count). The standard InChI is InChI=1S/C12H19NO2S/c1-8-6-7-16-9(8)10(14)13-11(2,3)12(4,5)15/h6-7,15H,1-5H3,(H,13,14). The van der Waals surface area contributed by atoms with Crippen LogP contribution < -0.4 is 5.32 Å². The monoisotopic (exact) mass is 241 g/mol. The van der Waals surface area contributed by atoms with Crippen LogP contribution in [0.5, 0.6) is 0 Å². The lowest BCUT2D eigenvalue weighted by atomic mass is 9.86. The summed E-state index contributed by atoms with van der Waals surface area (Å²) in [6.07, 6.45) is 0. The second-order valence-electron chi connectivity index (χ2n) is 5.07. The van der Waals surface area contributed by atoms with Gasteiger partial charge in [-0.2, -0.15) is 0 Å². The van der Waals surface area contributed by atoms with Gasteiger partial charge in [0.1, 0.15) is 0 Å². The Balaban J connectivity index is 2.84. The van der Waals surface area contributed by atoms with Gasteiger partial charge in [0.15, 0.2) is 0 Å². The molecule has 0 bridgehead atoms. The van der Waals surface area contributed by atoms with E-state index in [1.165, 1.54) is 11.3 Å². The maximum Gasteiger partial charge on any atom is 0.262 e. The van der Waals surface area contributed by atoms with E-state index < -0.39 is 11.1 Å². The van der Waals surface area contributed by atoms with Crippen LogP contribution in [0.15, 0.2) is 11.4 Å². The van der Waals surface area contributed by atoms with Crippen LogP contribution in [0.2, 0.25) is 0 Å². The van der Waals surface area contributed by atoms with Crippen LogP contribution in [0, 0.1) is 6.92 Å². The third-order valence-corrected chi connectivity index (χ3v) is 4.04. The van der Waals surface area contributed by atoms with Gasteiger partial charge < -0.3 is 10.4 Å². The average molecular weight is 241 g/mol. The van der Waals surface area contributed by atoms with E-state index >= 15 is 0 Å². The number of rotatable bonds is 3. The molecule has 0 saturated heterocycles. The summed E-state index contributed by atoms with van der Waals surface area (Å²) in [7, 11) is 0. The van der Waals surface area contributed by atoms with Crippen molar-refractivity contribution in [3.63, 3.8) is 0 Å². The van der Waals surface area contributed by atoms with Crippen molar-refractivity contribution in [2.24, 2.45) is 0 Å². The molecule has 1 aromatic rings. The van der Waals surface area contributed by atoms with Crippen LogP contribution in [-0.2, 0) is 0 Å². The van der Waals surface area contributed by atoms with Crippen LogP contribution in [0.1, 0.15) is 42.9 Å². The molecular weight excluding hydrogens is 222 g/mol. The lowest BCUT2D eigenvalue weighted by Gasteiger charge is -2.37. The number of nitrogens with one attached hydrogen (secondary N) is 1. The zero-order chi connectivity index (χ0) is 12.6. The van der Waals surface area contributed by atoms with Gasteiger partial charge in [0.05, 0.1) is 16.0 Å². The van der Waals surface area contributed by atoms with Crippen LogP contribution >= 0.6 is 11.3 Å². The average Bonchev–Trinajstić information content (AvgIpc) is 2.48. The number of hydrogen-bond donors (Lipinski definition) is 2. The minimum Gasteiger partial charge on any atom is -0.388 e. The van der Waals surface area contributed by atoms with Crippen LogP contribution in [0.3, 0.4) is 0 Å². The number of hydrogen-bond acceptors (Lipinski definition) is 3. The molecule has 1 aromatic heterocycles. The summed E-state index contributed by atoms with van der Waals surface area (Å²) in [6, 6.07) is 1.91. The molecule has 0 aliphatic rings. The second kappa shape index (κ2) is 4.18. The molecule has 0 aromatic carbocycles. The second-order valence-corrected chi connectivity index (χ2v) is 5.99. The van der Waals surface area contributed by atoms with Gasteiger partial charge in [-0.15, -0.1) is 11.3 Å². The van der Waals surface area contributed by atoms with E-state index in [4.69, 9.17) is 0 Å². The SMILES string of the molecule is Cc1ccsc1C(=O)NC(C)(C)C(C)(C)O. The number of carbonyl (C=O) groups is 1. The third-order valence-electron chi connectivity index (χ3n) is 3.02. The van der Waals surface area contributed by atoms with Gasteiger partial charge in [-0.3, -0.25) is 4.79 Å². The maximum atomic E-state index is 12.0. The van der Waals surface area contributed by atoms with Crippen molar-refractivity contribution in [2.75, 3.05) is 0 Å². The van der Waals surface area contributed by atoms with Gasteiger partial charge in [-0.05, 0) is 51.6 Å². The summed E-state index contributed by atoms with van der Waals surface area (Å²) < 4.78 is 0. The number of aliphatic hydroxyl groups is 1. The number of carbonyl (C=O) groups excluding carboxylic acids is 1. The Labute approximate surface area is 100 Å². The van der Waals surface area contributed by atoms with Gasteiger partial charge >= 0.3 is 0 Å². The maximum absolute atomic E-state index is 12.0. The quantitative estimate of drug-likeness (QED) is 0.853. The normalized spacial score (nSPS) is 12.6. The summed E-state index contributed by atoms with van der Waals surface area (Å²) in [4.78, 5) is 12.7. The first-order chi connectivity index (χ1) is 7.15. The highest BCUT2D eigenvalue weighted by Crippen LogP contribution is 2.23. The molecule has 0 atom stereocenters. The lowest BCUT2D eigenvalue weighted by molar-refractivity contribution is -0.00286. The van der Waals surface area contributed by atoms with Crippen LogP contribution in [-0.4, -0.2) is 22.2 Å². The first kappa shape index (κ1) is 13.2. The highest BCUT2D eigenvalue weighted by atomic mass is 32.1. The summed E-state index contributed by atoms with van der Waals surface area (Å²) >= 11 is 1.42. The van der Waals surface area contributed by atoms with Gasteiger partial charge in [-0.25, -0.2) is 0 Å². The van der Waals surface area contributed by atoms with Crippen molar-refractivity contribution in [3.05, 3.63) is 21.9 Å². The molecule has 0 fully saturated rings. The van der Waals surface area contributed by atoms with Gasteiger partial charge in [-0.1, -0.05) is 0 Å². The predicted molar refractivity (Wildman–Crippen MR) is 66.9 cm³/mol. The van der Waals surface area contributed by atoms with E-state index in [0.717, 1.165) is 5.56 Å². The molecule has 0 aliphatic carbocycles. The summed E-state index contributed by atoms with van der Waals surface area (Å²) in [5.74, 6) is -0.125. The van der Waals surface area contributed by atoms with E-state index in [9.17, 15) is 9.90 Å². The van der Waals surface area contributed by atoms with Crippen LogP contribution in [0.4, 0.5) is 0 Å². The molecule has 1 heterocycles. The summed E-state index contributed by atoms with van der Waals surface area (Å²) in [5.41, 5.74) is -0.664. The molecule has 90 valence electrons. The van der Waals surface area contributed by atoms with Crippen molar-refractivity contribution >= 4 is 17.2 Å². The lowest BCUT2D eigenvalue weighted by Crippen LogP contribution is -2.57. The third kappa shape index (κ3) is 2.62. The Kier molecular flexibility index (Phi) is 3.45. The number of aryl methyl sites for hydroxylation is 1. The minimum absolute atomic E-state index is 0.125. The Morgan fingerprint density at radius 1 is 1.38 bits per heavy atom. The molecule has 0 saturated carbocycles. The fourth-order valence-corrected chi connectivity index (χ4v) is 1.92. The first-order valence-electron chi connectivity index (χ1n) is 5.24. The highest BCUT2D eigenvalue weighted by molar-refractivity contribution is 7.12. The number of amides is 1. The van der Waals surface area contributed by atoms with Crippen molar-refractivity contribution in [1.82, 2.24) is 5.32 Å². The molecule has 2 N–H and O–H groups in total. The molecule has 3 nitrogen and oxygen atoms in total. The molecule has 16 heavy (non-hydrogen) atoms.